The van der Waals surface area contributed by atoms with E-state index in [1.54, 1.807) is 0 Å². The molecule has 0 saturated carbocycles. The molecule has 0 radical (unpaired) electrons. The summed E-state index contributed by atoms with van der Waals surface area (Å²) in [5.41, 5.74) is 2.24. The van der Waals surface area contributed by atoms with E-state index in [1.165, 1.54) is 5.56 Å². The molecule has 0 aromatic heterocycles. The van der Waals surface area contributed by atoms with Gasteiger partial charge in [0.25, 0.3) is 0 Å². The Morgan fingerprint density at radius 1 is 1.31 bits per heavy atom. The predicted octanol–water partition coefficient (Wildman–Crippen LogP) is 2.88. The molecule has 2 rings (SSSR count). The van der Waals surface area contributed by atoms with Gasteiger partial charge in [0.2, 0.25) is 0 Å². The number of hydrogen-bond donors (Lipinski definition) is 1. The van der Waals surface area contributed by atoms with E-state index in [0.717, 1.165) is 42.7 Å². The molecule has 86 valence electrons. The van der Waals surface area contributed by atoms with Crippen molar-refractivity contribution in [2.75, 3.05) is 13.1 Å². The minimum Gasteiger partial charge on any atom is -0.411 e. The second-order valence-electron chi connectivity index (χ2n) is 4.07. The molecule has 0 atom stereocenters. The highest BCUT2D eigenvalue weighted by Crippen LogP contribution is 2.15. The van der Waals surface area contributed by atoms with Crippen molar-refractivity contribution in [1.29, 1.82) is 0 Å². The molecule has 0 amide bonds. The molecule has 0 bridgehead atoms. The van der Waals surface area contributed by atoms with Crippen LogP contribution in [-0.4, -0.2) is 28.9 Å². The molecular weight excluding hydrogens is 268 g/mol. The van der Waals surface area contributed by atoms with Crippen LogP contribution >= 0.6 is 15.9 Å². The lowest BCUT2D eigenvalue weighted by molar-refractivity contribution is 0.256. The van der Waals surface area contributed by atoms with Crippen molar-refractivity contribution in [3.05, 3.63) is 34.3 Å². The first-order valence-electron chi connectivity index (χ1n) is 5.44. The second kappa shape index (κ2) is 5.46. The van der Waals surface area contributed by atoms with Crippen LogP contribution in [0.1, 0.15) is 18.4 Å². The minimum absolute atomic E-state index is 0.879. The molecule has 1 fully saturated rings. The molecule has 1 aliphatic heterocycles. The summed E-state index contributed by atoms with van der Waals surface area (Å²) in [6.07, 6.45) is 1.76. The summed E-state index contributed by atoms with van der Waals surface area (Å²) in [7, 11) is 0. The summed E-state index contributed by atoms with van der Waals surface area (Å²) in [4.78, 5) is 2.39. The van der Waals surface area contributed by atoms with E-state index >= 15 is 0 Å². The SMILES string of the molecule is ON=C1CCN(Cc2cccc(Br)c2)CC1. The van der Waals surface area contributed by atoms with Gasteiger partial charge in [-0.15, -0.1) is 0 Å². The molecule has 4 heteroatoms. The highest BCUT2D eigenvalue weighted by atomic mass is 79.9. The van der Waals surface area contributed by atoms with Crippen molar-refractivity contribution >= 4 is 21.6 Å². The predicted molar refractivity (Wildman–Crippen MR) is 67.9 cm³/mol. The molecule has 0 aliphatic carbocycles. The Labute approximate surface area is 104 Å². The number of hydrogen-bond acceptors (Lipinski definition) is 3. The standard InChI is InChI=1S/C12H15BrN2O/c13-11-3-1-2-10(8-11)9-15-6-4-12(14-16)5-7-15/h1-3,8,16H,4-7,9H2. The van der Waals surface area contributed by atoms with Crippen molar-refractivity contribution < 1.29 is 5.21 Å². The van der Waals surface area contributed by atoms with E-state index in [1.807, 2.05) is 6.07 Å². The summed E-state index contributed by atoms with van der Waals surface area (Å²) in [6, 6.07) is 8.39. The van der Waals surface area contributed by atoms with Gasteiger partial charge in [0.15, 0.2) is 0 Å². The van der Waals surface area contributed by atoms with Crippen molar-refractivity contribution in [3.63, 3.8) is 0 Å². The molecule has 1 N–H and O–H groups in total. The van der Waals surface area contributed by atoms with E-state index in [2.05, 4.69) is 44.2 Å². The largest absolute Gasteiger partial charge is 0.411 e. The van der Waals surface area contributed by atoms with Crippen molar-refractivity contribution in [3.8, 4) is 0 Å². The van der Waals surface area contributed by atoms with Crippen LogP contribution in [0.3, 0.4) is 0 Å². The van der Waals surface area contributed by atoms with Gasteiger partial charge in [0.05, 0.1) is 5.71 Å². The van der Waals surface area contributed by atoms with Gasteiger partial charge in [-0.3, -0.25) is 4.90 Å². The molecule has 1 heterocycles. The maximum Gasteiger partial charge on any atom is 0.0596 e. The first-order valence-corrected chi connectivity index (χ1v) is 6.24. The minimum atomic E-state index is 0.879. The Kier molecular flexibility index (Phi) is 3.96. The van der Waals surface area contributed by atoms with Gasteiger partial charge in [-0.1, -0.05) is 33.2 Å². The van der Waals surface area contributed by atoms with E-state index in [-0.39, 0.29) is 0 Å². The lowest BCUT2D eigenvalue weighted by Crippen LogP contribution is -2.33. The quantitative estimate of drug-likeness (QED) is 0.669. The van der Waals surface area contributed by atoms with Gasteiger partial charge in [0.1, 0.15) is 0 Å². The van der Waals surface area contributed by atoms with Gasteiger partial charge >= 0.3 is 0 Å². The highest BCUT2D eigenvalue weighted by molar-refractivity contribution is 9.10. The zero-order valence-corrected chi connectivity index (χ0v) is 10.7. The number of benzene rings is 1. The van der Waals surface area contributed by atoms with Crippen LogP contribution in [0.4, 0.5) is 0 Å². The Balaban J connectivity index is 1.92. The number of oxime groups is 1. The maximum absolute atomic E-state index is 8.67. The monoisotopic (exact) mass is 282 g/mol. The Morgan fingerprint density at radius 3 is 2.69 bits per heavy atom. The molecule has 16 heavy (non-hydrogen) atoms. The molecule has 1 aliphatic rings. The summed E-state index contributed by atoms with van der Waals surface area (Å²) in [5, 5.41) is 12.0. The summed E-state index contributed by atoms with van der Waals surface area (Å²) >= 11 is 3.48. The summed E-state index contributed by atoms with van der Waals surface area (Å²) < 4.78 is 1.12. The van der Waals surface area contributed by atoms with E-state index in [0.29, 0.717) is 0 Å². The van der Waals surface area contributed by atoms with Crippen molar-refractivity contribution in [2.24, 2.45) is 5.16 Å². The summed E-state index contributed by atoms with van der Waals surface area (Å²) in [5.74, 6) is 0. The van der Waals surface area contributed by atoms with Crippen LogP contribution in [0.2, 0.25) is 0 Å². The highest BCUT2D eigenvalue weighted by Gasteiger charge is 2.15. The van der Waals surface area contributed by atoms with Gasteiger partial charge in [-0.05, 0) is 17.7 Å². The first kappa shape index (κ1) is 11.6. The molecule has 1 aromatic carbocycles. The number of halogens is 1. The smallest absolute Gasteiger partial charge is 0.0596 e. The van der Waals surface area contributed by atoms with Crippen LogP contribution in [0.15, 0.2) is 33.9 Å². The third-order valence-corrected chi connectivity index (χ3v) is 3.36. The lowest BCUT2D eigenvalue weighted by Gasteiger charge is -2.26. The van der Waals surface area contributed by atoms with E-state index in [4.69, 9.17) is 5.21 Å². The van der Waals surface area contributed by atoms with Gasteiger partial charge < -0.3 is 5.21 Å². The number of nitrogens with zero attached hydrogens (tertiary/aromatic N) is 2. The average molecular weight is 283 g/mol. The second-order valence-corrected chi connectivity index (χ2v) is 4.99. The Morgan fingerprint density at radius 2 is 2.06 bits per heavy atom. The van der Waals surface area contributed by atoms with Crippen molar-refractivity contribution in [1.82, 2.24) is 4.90 Å². The third kappa shape index (κ3) is 3.06. The molecular formula is C12H15BrN2O. The van der Waals surface area contributed by atoms with Gasteiger partial charge in [-0.2, -0.15) is 0 Å². The average Bonchev–Trinajstić information content (AvgIpc) is 2.30. The fourth-order valence-corrected chi connectivity index (χ4v) is 2.41. The molecule has 0 unspecified atom stereocenters. The molecule has 1 saturated heterocycles. The Hall–Kier alpha value is -0.870. The molecule has 1 aromatic rings. The van der Waals surface area contributed by atoms with Gasteiger partial charge in [-0.25, -0.2) is 0 Å². The number of piperidine rings is 1. The topological polar surface area (TPSA) is 35.8 Å². The molecule has 0 spiro atoms. The van der Waals surface area contributed by atoms with Crippen LogP contribution in [0.25, 0.3) is 0 Å². The lowest BCUT2D eigenvalue weighted by atomic mass is 10.1. The fourth-order valence-electron chi connectivity index (χ4n) is 1.96. The zero-order chi connectivity index (χ0) is 11.4. The van der Waals surface area contributed by atoms with Gasteiger partial charge in [0, 0.05) is 36.9 Å². The molecule has 3 nitrogen and oxygen atoms in total. The van der Waals surface area contributed by atoms with E-state index in [9.17, 15) is 0 Å². The zero-order valence-electron chi connectivity index (χ0n) is 9.06. The third-order valence-electron chi connectivity index (χ3n) is 2.87. The first-order chi connectivity index (χ1) is 7.78. The maximum atomic E-state index is 8.67. The van der Waals surface area contributed by atoms with Crippen LogP contribution in [-0.2, 0) is 6.54 Å². The number of likely N-dealkylation sites (tertiary alicyclic amines) is 1. The van der Waals surface area contributed by atoms with Crippen LogP contribution in [0, 0.1) is 0 Å². The summed E-state index contributed by atoms with van der Waals surface area (Å²) in [6.45, 7) is 2.93. The van der Waals surface area contributed by atoms with Crippen molar-refractivity contribution in [2.45, 2.75) is 19.4 Å². The number of rotatable bonds is 2. The van der Waals surface area contributed by atoms with Crippen LogP contribution in [0.5, 0.6) is 0 Å². The Bertz CT molecular complexity index is 382. The fraction of sp³-hybridized carbons (Fsp3) is 0.417. The normalized spacial score (nSPS) is 17.4. The van der Waals surface area contributed by atoms with E-state index < -0.39 is 0 Å². The van der Waals surface area contributed by atoms with Crippen LogP contribution < -0.4 is 0 Å².